The van der Waals surface area contributed by atoms with Gasteiger partial charge in [-0.2, -0.15) is 0 Å². The van der Waals surface area contributed by atoms with Crippen molar-refractivity contribution in [2.24, 2.45) is 10.4 Å². The Balaban J connectivity index is 1.67. The molecule has 0 aliphatic carbocycles. The Morgan fingerprint density at radius 1 is 1.07 bits per heavy atom. The zero-order valence-electron chi connectivity index (χ0n) is 17.1. The number of hydrogen-bond donors (Lipinski definition) is 0. The van der Waals surface area contributed by atoms with Crippen molar-refractivity contribution < 1.29 is 9.59 Å². The molecule has 148 valence electrons. The van der Waals surface area contributed by atoms with Crippen molar-refractivity contribution in [1.29, 1.82) is 0 Å². The van der Waals surface area contributed by atoms with Crippen LogP contribution in [0.5, 0.6) is 0 Å². The molecule has 1 saturated heterocycles. The van der Waals surface area contributed by atoms with Gasteiger partial charge in [-0.05, 0) is 12.0 Å². The molecule has 0 saturated carbocycles. The Morgan fingerprint density at radius 3 is 2.39 bits per heavy atom. The molecule has 7 heteroatoms. The maximum absolute atomic E-state index is 12.9. The zero-order valence-corrected chi connectivity index (χ0v) is 17.1. The number of fused-ring (bicyclic) bond motifs is 3. The highest BCUT2D eigenvalue weighted by molar-refractivity contribution is 6.04. The third-order valence-electron chi connectivity index (χ3n) is 5.66. The minimum atomic E-state index is -0.498. The number of carbonyl (C=O) groups excluding carboxylic acids is 2. The van der Waals surface area contributed by atoms with Crippen LogP contribution in [-0.4, -0.2) is 70.3 Å². The molecule has 3 aliphatic heterocycles. The van der Waals surface area contributed by atoms with E-state index in [9.17, 15) is 9.59 Å². The second-order valence-electron chi connectivity index (χ2n) is 8.64. The lowest BCUT2D eigenvalue weighted by Crippen LogP contribution is -2.63. The lowest BCUT2D eigenvalue weighted by atomic mass is 9.91. The van der Waals surface area contributed by atoms with Gasteiger partial charge in [-0.15, -0.1) is 0 Å². The highest BCUT2D eigenvalue weighted by atomic mass is 16.2. The van der Waals surface area contributed by atoms with Gasteiger partial charge in [-0.1, -0.05) is 51.1 Å². The molecular weight excluding hydrogens is 354 g/mol. The van der Waals surface area contributed by atoms with Crippen molar-refractivity contribution in [3.63, 3.8) is 0 Å². The molecule has 0 radical (unpaired) electrons. The minimum absolute atomic E-state index is 0.0929. The summed E-state index contributed by atoms with van der Waals surface area (Å²) in [6, 6.07) is 9.54. The van der Waals surface area contributed by atoms with Crippen molar-refractivity contribution in [2.45, 2.75) is 39.4 Å². The highest BCUT2D eigenvalue weighted by Crippen LogP contribution is 2.39. The number of likely N-dealkylation sites (N-methyl/N-ethyl adjacent to an activating group) is 2. The molecule has 3 aliphatic rings. The van der Waals surface area contributed by atoms with E-state index in [1.54, 1.807) is 11.9 Å². The van der Waals surface area contributed by atoms with Gasteiger partial charge < -0.3 is 14.7 Å². The Hall–Kier alpha value is -2.83. The van der Waals surface area contributed by atoms with E-state index >= 15 is 0 Å². The van der Waals surface area contributed by atoms with Gasteiger partial charge >= 0.3 is 6.03 Å². The SMILES string of the molecule is CN1C(=O)C2C(N=C3N(CCc4ccccc4)C(C(C)(C)C)=CN32)N(C)C1=O. The predicted octanol–water partition coefficient (Wildman–Crippen LogP) is 2.32. The Morgan fingerprint density at radius 2 is 1.75 bits per heavy atom. The topological polar surface area (TPSA) is 59.5 Å². The summed E-state index contributed by atoms with van der Waals surface area (Å²) < 4.78 is 0. The number of allylic oxidation sites excluding steroid dienone is 1. The molecule has 1 fully saturated rings. The van der Waals surface area contributed by atoms with Crippen LogP contribution < -0.4 is 0 Å². The third-order valence-corrected chi connectivity index (χ3v) is 5.66. The molecule has 7 nitrogen and oxygen atoms in total. The predicted molar refractivity (Wildman–Crippen MR) is 107 cm³/mol. The van der Waals surface area contributed by atoms with Crippen LogP contribution >= 0.6 is 0 Å². The van der Waals surface area contributed by atoms with Gasteiger partial charge in [-0.25, -0.2) is 9.79 Å². The first kappa shape index (κ1) is 18.5. The van der Waals surface area contributed by atoms with Gasteiger partial charge in [0.2, 0.25) is 5.96 Å². The second kappa shape index (κ2) is 6.36. The largest absolute Gasteiger partial charge is 0.328 e. The van der Waals surface area contributed by atoms with E-state index in [0.29, 0.717) is 0 Å². The average Bonchev–Trinajstić information content (AvgIpc) is 3.20. The number of imide groups is 1. The maximum atomic E-state index is 12.9. The van der Waals surface area contributed by atoms with Gasteiger partial charge in [0.25, 0.3) is 5.91 Å². The Kier molecular flexibility index (Phi) is 4.21. The van der Waals surface area contributed by atoms with Crippen molar-refractivity contribution in [3.8, 4) is 0 Å². The normalized spacial score (nSPS) is 24.5. The molecule has 0 aromatic heterocycles. The minimum Gasteiger partial charge on any atom is -0.314 e. The smallest absolute Gasteiger partial charge is 0.314 e. The summed E-state index contributed by atoms with van der Waals surface area (Å²) in [5.41, 5.74) is 2.30. The number of nitrogens with zero attached hydrogens (tertiary/aromatic N) is 5. The number of aliphatic imine (C=N–C) groups is 1. The fraction of sp³-hybridized carbons (Fsp3) is 0.476. The lowest BCUT2D eigenvalue weighted by Gasteiger charge is -2.38. The molecule has 2 atom stereocenters. The monoisotopic (exact) mass is 381 g/mol. The van der Waals surface area contributed by atoms with Crippen LogP contribution in [0, 0.1) is 5.41 Å². The fourth-order valence-corrected chi connectivity index (χ4v) is 4.07. The van der Waals surface area contributed by atoms with Crippen LogP contribution in [0.15, 0.2) is 47.2 Å². The number of carbonyl (C=O) groups is 2. The first-order chi connectivity index (χ1) is 13.2. The van der Waals surface area contributed by atoms with E-state index < -0.39 is 12.2 Å². The van der Waals surface area contributed by atoms with E-state index in [2.05, 4.69) is 37.8 Å². The summed E-state index contributed by atoms with van der Waals surface area (Å²) >= 11 is 0. The molecule has 28 heavy (non-hydrogen) atoms. The van der Waals surface area contributed by atoms with Crippen LogP contribution in [0.2, 0.25) is 0 Å². The summed E-state index contributed by atoms with van der Waals surface area (Å²) in [4.78, 5) is 36.9. The van der Waals surface area contributed by atoms with Crippen molar-refractivity contribution in [3.05, 3.63) is 47.8 Å². The zero-order chi connectivity index (χ0) is 20.2. The van der Waals surface area contributed by atoms with Gasteiger partial charge in [0.15, 0.2) is 12.2 Å². The number of guanidine groups is 1. The van der Waals surface area contributed by atoms with Crippen molar-refractivity contribution in [1.82, 2.24) is 19.6 Å². The van der Waals surface area contributed by atoms with Gasteiger partial charge in [0, 0.05) is 38.0 Å². The van der Waals surface area contributed by atoms with Crippen LogP contribution in [0.3, 0.4) is 0 Å². The summed E-state index contributed by atoms with van der Waals surface area (Å²) in [6.45, 7) is 7.26. The molecule has 0 N–H and O–H groups in total. The third kappa shape index (κ3) is 2.77. The van der Waals surface area contributed by atoms with Crippen LogP contribution in [0.25, 0.3) is 0 Å². The van der Waals surface area contributed by atoms with E-state index in [1.165, 1.54) is 17.5 Å². The molecule has 0 spiro atoms. The van der Waals surface area contributed by atoms with Crippen LogP contribution in [-0.2, 0) is 11.2 Å². The van der Waals surface area contributed by atoms with E-state index in [-0.39, 0.29) is 17.4 Å². The highest BCUT2D eigenvalue weighted by Gasteiger charge is 2.54. The molecular formula is C21H27N5O2. The summed E-state index contributed by atoms with van der Waals surface area (Å²) in [7, 11) is 3.24. The van der Waals surface area contributed by atoms with Gasteiger partial charge in [0.05, 0.1) is 0 Å². The van der Waals surface area contributed by atoms with Crippen LogP contribution in [0.1, 0.15) is 26.3 Å². The molecule has 1 aromatic rings. The summed E-state index contributed by atoms with van der Waals surface area (Å²) in [6.07, 6.45) is 2.44. The van der Waals surface area contributed by atoms with E-state index in [4.69, 9.17) is 4.99 Å². The first-order valence-electron chi connectivity index (χ1n) is 9.64. The van der Waals surface area contributed by atoms with E-state index in [0.717, 1.165) is 24.6 Å². The van der Waals surface area contributed by atoms with Gasteiger partial charge in [0.1, 0.15) is 0 Å². The number of benzene rings is 1. The number of rotatable bonds is 3. The first-order valence-corrected chi connectivity index (χ1v) is 9.64. The Labute approximate surface area is 165 Å². The maximum Gasteiger partial charge on any atom is 0.328 e. The lowest BCUT2D eigenvalue weighted by molar-refractivity contribution is -0.135. The number of amides is 3. The van der Waals surface area contributed by atoms with E-state index in [1.807, 2.05) is 29.3 Å². The molecule has 2 unspecified atom stereocenters. The summed E-state index contributed by atoms with van der Waals surface area (Å²) in [5.74, 6) is 0.556. The molecule has 4 rings (SSSR count). The molecule has 3 amide bonds. The number of hydrogen-bond acceptors (Lipinski definition) is 5. The number of urea groups is 1. The Bertz CT molecular complexity index is 871. The van der Waals surface area contributed by atoms with Gasteiger partial charge in [-0.3, -0.25) is 9.69 Å². The average molecular weight is 381 g/mol. The standard InChI is InChI=1S/C21H27N5O2/c1-21(2,3)15-13-26-16-17(23(4)20(28)24(5)18(16)27)22-19(26)25(15)12-11-14-9-7-6-8-10-14/h6-10,13,16-17H,11-12H2,1-5H3. The molecule has 3 heterocycles. The summed E-state index contributed by atoms with van der Waals surface area (Å²) in [5, 5.41) is 0. The van der Waals surface area contributed by atoms with Crippen LogP contribution in [0.4, 0.5) is 4.79 Å². The second-order valence-corrected chi connectivity index (χ2v) is 8.64. The fourth-order valence-electron chi connectivity index (χ4n) is 4.07. The van der Waals surface area contributed by atoms with Crippen molar-refractivity contribution in [2.75, 3.05) is 20.6 Å². The quantitative estimate of drug-likeness (QED) is 0.806. The molecule has 1 aromatic carbocycles. The molecule has 0 bridgehead atoms. The van der Waals surface area contributed by atoms with Crippen molar-refractivity contribution >= 4 is 17.9 Å².